The zero-order valence-electron chi connectivity index (χ0n) is 13.2. The molecule has 4 nitrogen and oxygen atoms in total. The average molecular weight is 370 g/mol. The van der Waals surface area contributed by atoms with Gasteiger partial charge in [0.05, 0.1) is 14.9 Å². The molecule has 3 rings (SSSR count). The van der Waals surface area contributed by atoms with Crippen molar-refractivity contribution in [1.82, 2.24) is 9.88 Å². The summed E-state index contributed by atoms with van der Waals surface area (Å²) in [5.74, 6) is 0.468. The van der Waals surface area contributed by atoms with Crippen molar-refractivity contribution in [3.8, 4) is 9.88 Å². The summed E-state index contributed by atoms with van der Waals surface area (Å²) < 4.78 is 0.733. The van der Waals surface area contributed by atoms with E-state index in [-0.39, 0.29) is 11.9 Å². The van der Waals surface area contributed by atoms with Gasteiger partial charge in [-0.15, -0.1) is 22.7 Å². The lowest BCUT2D eigenvalue weighted by molar-refractivity contribution is 0.0665. The number of halogens is 1. The molecule has 2 N–H and O–H groups in total. The minimum atomic E-state index is 0.0826. The number of carbonyl (C=O) groups excluding carboxylic acids is 1. The first-order valence-electron chi connectivity index (χ1n) is 7.73. The first-order chi connectivity index (χ1) is 11.0. The molecule has 1 fully saturated rings. The Bertz CT molecular complexity index is 710. The zero-order valence-corrected chi connectivity index (χ0v) is 15.6. The van der Waals surface area contributed by atoms with Crippen molar-refractivity contribution in [2.24, 2.45) is 11.7 Å². The second-order valence-corrected chi connectivity index (χ2v) is 8.76. The highest BCUT2D eigenvalue weighted by atomic mass is 35.5. The third kappa shape index (κ3) is 3.60. The molecule has 0 saturated carbocycles. The molecule has 2 aromatic rings. The molecule has 0 spiro atoms. The molecule has 0 bridgehead atoms. The predicted octanol–water partition coefficient (Wildman–Crippen LogP) is 4.03. The normalized spacial score (nSPS) is 19.8. The molecule has 0 radical (unpaired) electrons. The Labute approximate surface area is 149 Å². The third-order valence-corrected chi connectivity index (χ3v) is 6.81. The average Bonchev–Trinajstić information content (AvgIpc) is 3.12. The second-order valence-electron chi connectivity index (χ2n) is 6.05. The Hall–Kier alpha value is -0.950. The van der Waals surface area contributed by atoms with Gasteiger partial charge in [0.15, 0.2) is 0 Å². The Kier molecular flexibility index (Phi) is 5.06. The van der Waals surface area contributed by atoms with Crippen LogP contribution in [0.15, 0.2) is 12.1 Å². The molecule has 1 aliphatic heterocycles. The van der Waals surface area contributed by atoms with Gasteiger partial charge in [-0.25, -0.2) is 4.98 Å². The summed E-state index contributed by atoms with van der Waals surface area (Å²) in [5.41, 5.74) is 6.82. The van der Waals surface area contributed by atoms with Crippen LogP contribution in [0.2, 0.25) is 4.34 Å². The maximum absolute atomic E-state index is 12.9. The summed E-state index contributed by atoms with van der Waals surface area (Å²) in [6.45, 7) is 5.47. The molecule has 1 amide bonds. The summed E-state index contributed by atoms with van der Waals surface area (Å²) in [7, 11) is 0. The standard InChI is InChI=1S/C16H20ClN3OS2/c1-9(18)11-4-3-7-20(8-11)16(21)14-10(2)19-15(23-14)12-5-6-13(17)22-12/h5-6,9,11H,3-4,7-8,18H2,1-2H3/t9-,11-/m0/s1. The number of carbonyl (C=O) groups is 1. The lowest BCUT2D eigenvalue weighted by atomic mass is 9.92. The molecule has 1 aliphatic rings. The fourth-order valence-electron chi connectivity index (χ4n) is 2.90. The molecule has 0 aliphatic carbocycles. The molecule has 3 heterocycles. The van der Waals surface area contributed by atoms with Gasteiger partial charge in [-0.2, -0.15) is 0 Å². The quantitative estimate of drug-likeness (QED) is 0.888. The van der Waals surface area contributed by atoms with Crippen LogP contribution in [-0.4, -0.2) is 34.9 Å². The van der Waals surface area contributed by atoms with Gasteiger partial charge in [0, 0.05) is 19.1 Å². The topological polar surface area (TPSA) is 59.2 Å². The van der Waals surface area contributed by atoms with Gasteiger partial charge in [-0.05, 0) is 44.7 Å². The van der Waals surface area contributed by atoms with Gasteiger partial charge >= 0.3 is 0 Å². The van der Waals surface area contributed by atoms with Crippen molar-refractivity contribution < 1.29 is 4.79 Å². The summed E-state index contributed by atoms with van der Waals surface area (Å²) >= 11 is 8.94. The largest absolute Gasteiger partial charge is 0.338 e. The molecule has 0 unspecified atom stereocenters. The number of hydrogen-bond donors (Lipinski definition) is 1. The molecule has 0 aromatic carbocycles. The fourth-order valence-corrected chi connectivity index (χ4v) is 5.03. The minimum absolute atomic E-state index is 0.0826. The van der Waals surface area contributed by atoms with Crippen LogP contribution >= 0.6 is 34.3 Å². The van der Waals surface area contributed by atoms with E-state index in [1.54, 1.807) is 0 Å². The molecule has 124 valence electrons. The van der Waals surface area contributed by atoms with Gasteiger partial charge in [-0.1, -0.05) is 11.6 Å². The summed E-state index contributed by atoms with van der Waals surface area (Å²) in [4.78, 5) is 21.1. The number of nitrogens with two attached hydrogens (primary N) is 1. The molecular weight excluding hydrogens is 350 g/mol. The lowest BCUT2D eigenvalue weighted by Gasteiger charge is -2.34. The molecule has 2 atom stereocenters. The minimum Gasteiger partial charge on any atom is -0.338 e. The number of aromatic nitrogens is 1. The van der Waals surface area contributed by atoms with Gasteiger partial charge in [0.2, 0.25) is 0 Å². The number of hydrogen-bond acceptors (Lipinski definition) is 5. The van der Waals surface area contributed by atoms with Crippen molar-refractivity contribution >= 4 is 40.2 Å². The van der Waals surface area contributed by atoms with Crippen LogP contribution < -0.4 is 5.73 Å². The fraction of sp³-hybridized carbons (Fsp3) is 0.500. The third-order valence-electron chi connectivity index (χ3n) is 4.26. The van der Waals surface area contributed by atoms with Crippen molar-refractivity contribution in [2.45, 2.75) is 32.7 Å². The first kappa shape index (κ1) is 16.9. The highest BCUT2D eigenvalue weighted by Gasteiger charge is 2.28. The van der Waals surface area contributed by atoms with E-state index in [1.807, 2.05) is 30.9 Å². The number of thiazole rings is 1. The van der Waals surface area contributed by atoms with Gasteiger partial charge in [-0.3, -0.25) is 4.79 Å². The van der Waals surface area contributed by atoms with Gasteiger partial charge in [0.1, 0.15) is 9.88 Å². The maximum Gasteiger partial charge on any atom is 0.265 e. The van der Waals surface area contributed by atoms with Crippen molar-refractivity contribution in [3.63, 3.8) is 0 Å². The number of nitrogens with zero attached hydrogens (tertiary/aromatic N) is 2. The number of thiophene rings is 1. The molecule has 23 heavy (non-hydrogen) atoms. The van der Waals surface area contributed by atoms with E-state index in [0.29, 0.717) is 5.92 Å². The number of aryl methyl sites for hydroxylation is 1. The summed E-state index contributed by atoms with van der Waals surface area (Å²) in [5, 5.41) is 0.864. The van der Waals surface area contributed by atoms with Crippen LogP contribution in [0.3, 0.4) is 0 Å². The van der Waals surface area contributed by atoms with E-state index in [2.05, 4.69) is 4.98 Å². The van der Waals surface area contributed by atoms with E-state index in [1.165, 1.54) is 22.7 Å². The van der Waals surface area contributed by atoms with Crippen molar-refractivity contribution in [2.75, 3.05) is 13.1 Å². The van der Waals surface area contributed by atoms with Crippen LogP contribution in [0.25, 0.3) is 9.88 Å². The molecule has 7 heteroatoms. The number of rotatable bonds is 3. The number of likely N-dealkylation sites (tertiary alicyclic amines) is 1. The van der Waals surface area contributed by atoms with Crippen LogP contribution in [0, 0.1) is 12.8 Å². The highest BCUT2D eigenvalue weighted by molar-refractivity contribution is 7.24. The summed E-state index contributed by atoms with van der Waals surface area (Å²) in [6.07, 6.45) is 2.12. The van der Waals surface area contributed by atoms with Gasteiger partial charge in [0.25, 0.3) is 5.91 Å². The maximum atomic E-state index is 12.9. The van der Waals surface area contributed by atoms with Crippen LogP contribution in [0.5, 0.6) is 0 Å². The Morgan fingerprint density at radius 1 is 1.48 bits per heavy atom. The first-order valence-corrected chi connectivity index (χ1v) is 9.75. The van der Waals surface area contributed by atoms with Gasteiger partial charge < -0.3 is 10.6 Å². The van der Waals surface area contributed by atoms with E-state index in [9.17, 15) is 4.79 Å². The van der Waals surface area contributed by atoms with Crippen LogP contribution in [0.4, 0.5) is 0 Å². The van der Waals surface area contributed by atoms with Crippen LogP contribution in [0.1, 0.15) is 35.1 Å². The predicted molar refractivity (Wildman–Crippen MR) is 97.5 cm³/mol. The summed E-state index contributed by atoms with van der Waals surface area (Å²) in [6, 6.07) is 3.93. The molecule has 2 aromatic heterocycles. The number of amides is 1. The zero-order chi connectivity index (χ0) is 16.6. The van der Waals surface area contributed by atoms with E-state index < -0.39 is 0 Å². The highest BCUT2D eigenvalue weighted by Crippen LogP contribution is 2.35. The molecule has 1 saturated heterocycles. The van der Waals surface area contributed by atoms with E-state index in [0.717, 1.165) is 50.7 Å². The monoisotopic (exact) mass is 369 g/mol. The second kappa shape index (κ2) is 6.89. The Morgan fingerprint density at radius 2 is 2.26 bits per heavy atom. The lowest BCUT2D eigenvalue weighted by Crippen LogP contribution is -2.45. The van der Waals surface area contributed by atoms with Crippen molar-refractivity contribution in [3.05, 3.63) is 27.0 Å². The van der Waals surface area contributed by atoms with E-state index >= 15 is 0 Å². The van der Waals surface area contributed by atoms with E-state index in [4.69, 9.17) is 17.3 Å². The number of piperidine rings is 1. The SMILES string of the molecule is Cc1nc(-c2ccc(Cl)s2)sc1C(=O)N1CCC[C@H]([C@H](C)N)C1. The molecular formula is C16H20ClN3OS2. The Balaban J connectivity index is 1.81. The smallest absolute Gasteiger partial charge is 0.265 e. The Morgan fingerprint density at radius 3 is 2.91 bits per heavy atom. The van der Waals surface area contributed by atoms with Crippen LogP contribution in [-0.2, 0) is 0 Å². The van der Waals surface area contributed by atoms with Crippen molar-refractivity contribution in [1.29, 1.82) is 0 Å².